The molecule has 3 heteroatoms. The number of anilines is 1. The first-order chi connectivity index (χ1) is 10.2. The van der Waals surface area contributed by atoms with Crippen LogP contribution < -0.4 is 10.2 Å². The summed E-state index contributed by atoms with van der Waals surface area (Å²) in [5.41, 5.74) is 1.92. The minimum Gasteiger partial charge on any atom is -0.371 e. The Labute approximate surface area is 128 Å². The highest BCUT2D eigenvalue weighted by Gasteiger charge is 2.23. The molecule has 1 heterocycles. The number of halogens is 1. The number of piperidine rings is 1. The molecule has 1 aromatic carbocycles. The molecule has 0 aromatic heterocycles. The molecule has 2 nitrogen and oxygen atoms in total. The van der Waals surface area contributed by atoms with Crippen LogP contribution in [-0.4, -0.2) is 19.6 Å². The first-order valence-corrected chi connectivity index (χ1v) is 8.44. The second-order valence-electron chi connectivity index (χ2n) is 6.21. The van der Waals surface area contributed by atoms with Crippen LogP contribution in [0, 0.1) is 11.7 Å². The molecule has 0 bridgehead atoms. The lowest BCUT2D eigenvalue weighted by molar-refractivity contribution is 0.402. The van der Waals surface area contributed by atoms with E-state index in [0.29, 0.717) is 0 Å². The van der Waals surface area contributed by atoms with Gasteiger partial charge in [0.15, 0.2) is 0 Å². The van der Waals surface area contributed by atoms with Gasteiger partial charge in [0.25, 0.3) is 0 Å². The number of rotatable bonds is 6. The van der Waals surface area contributed by atoms with E-state index < -0.39 is 0 Å². The summed E-state index contributed by atoms with van der Waals surface area (Å²) in [5.74, 6) is 0.663. The summed E-state index contributed by atoms with van der Waals surface area (Å²) < 4.78 is 14.4. The molecule has 1 aromatic rings. The van der Waals surface area contributed by atoms with Gasteiger partial charge < -0.3 is 10.2 Å². The molecular weight excluding hydrogens is 263 g/mol. The summed E-state index contributed by atoms with van der Waals surface area (Å²) in [6.45, 7) is 9.50. The average molecular weight is 292 g/mol. The Morgan fingerprint density at radius 2 is 2.19 bits per heavy atom. The first-order valence-electron chi connectivity index (χ1n) is 8.44. The lowest BCUT2D eigenvalue weighted by atomic mass is 9.94. The minimum absolute atomic E-state index is 0.0585. The van der Waals surface area contributed by atoms with Crippen molar-refractivity contribution >= 4 is 5.69 Å². The van der Waals surface area contributed by atoms with E-state index in [1.165, 1.54) is 19.3 Å². The van der Waals surface area contributed by atoms with Crippen LogP contribution in [0.4, 0.5) is 10.1 Å². The highest BCUT2D eigenvalue weighted by molar-refractivity contribution is 5.56. The molecule has 1 aliphatic rings. The SMILES string of the molecule is CCCNC(C)c1c(F)cccc1N1CCCC(CC)C1. The highest BCUT2D eigenvalue weighted by Crippen LogP contribution is 2.32. The summed E-state index contributed by atoms with van der Waals surface area (Å²) in [6, 6.07) is 5.57. The minimum atomic E-state index is -0.0813. The number of nitrogens with zero attached hydrogens (tertiary/aromatic N) is 1. The third-order valence-electron chi connectivity index (χ3n) is 4.60. The molecular formula is C18H29FN2. The van der Waals surface area contributed by atoms with Crippen LogP contribution in [0.2, 0.25) is 0 Å². The van der Waals surface area contributed by atoms with Crippen LogP contribution in [0.1, 0.15) is 58.1 Å². The van der Waals surface area contributed by atoms with Crippen molar-refractivity contribution in [2.24, 2.45) is 5.92 Å². The zero-order chi connectivity index (χ0) is 15.2. The Morgan fingerprint density at radius 1 is 1.38 bits per heavy atom. The van der Waals surface area contributed by atoms with Gasteiger partial charge in [-0.15, -0.1) is 0 Å². The van der Waals surface area contributed by atoms with E-state index in [1.54, 1.807) is 6.07 Å². The molecule has 1 saturated heterocycles. The molecule has 1 aliphatic heterocycles. The zero-order valence-corrected chi connectivity index (χ0v) is 13.7. The molecule has 2 rings (SSSR count). The van der Waals surface area contributed by atoms with Crippen molar-refractivity contribution in [3.05, 3.63) is 29.6 Å². The predicted octanol–water partition coefficient (Wildman–Crippen LogP) is 4.51. The van der Waals surface area contributed by atoms with Crippen LogP contribution in [0.15, 0.2) is 18.2 Å². The highest BCUT2D eigenvalue weighted by atomic mass is 19.1. The quantitative estimate of drug-likeness (QED) is 0.829. The number of hydrogen-bond acceptors (Lipinski definition) is 2. The second-order valence-corrected chi connectivity index (χ2v) is 6.21. The Kier molecular flexibility index (Phi) is 6.04. The van der Waals surface area contributed by atoms with Crippen LogP contribution in [0.25, 0.3) is 0 Å². The Bertz CT molecular complexity index is 447. The topological polar surface area (TPSA) is 15.3 Å². The van der Waals surface area contributed by atoms with E-state index in [1.807, 2.05) is 6.07 Å². The Hall–Kier alpha value is -1.09. The maximum atomic E-state index is 14.4. The van der Waals surface area contributed by atoms with Crippen molar-refractivity contribution in [2.45, 2.75) is 52.5 Å². The summed E-state index contributed by atoms with van der Waals surface area (Å²) in [7, 11) is 0. The molecule has 1 fully saturated rings. The van der Waals surface area contributed by atoms with Crippen LogP contribution in [0.5, 0.6) is 0 Å². The van der Waals surface area contributed by atoms with Gasteiger partial charge in [-0.2, -0.15) is 0 Å². The third-order valence-corrected chi connectivity index (χ3v) is 4.60. The predicted molar refractivity (Wildman–Crippen MR) is 88.3 cm³/mol. The summed E-state index contributed by atoms with van der Waals surface area (Å²) in [6.07, 6.45) is 4.80. The number of hydrogen-bond donors (Lipinski definition) is 1. The molecule has 0 radical (unpaired) electrons. The van der Waals surface area contributed by atoms with Crippen molar-refractivity contribution < 1.29 is 4.39 Å². The standard InChI is InChI=1S/C18H29FN2/c1-4-11-20-14(3)18-16(19)9-6-10-17(18)21-12-7-8-15(5-2)13-21/h6,9-10,14-15,20H,4-5,7-8,11-13H2,1-3H3. The van der Waals surface area contributed by atoms with E-state index in [0.717, 1.165) is 43.2 Å². The molecule has 21 heavy (non-hydrogen) atoms. The number of benzene rings is 1. The summed E-state index contributed by atoms with van der Waals surface area (Å²) in [4.78, 5) is 2.39. The van der Waals surface area contributed by atoms with Gasteiger partial charge in [0.1, 0.15) is 5.82 Å². The molecule has 0 spiro atoms. The van der Waals surface area contributed by atoms with Crippen molar-refractivity contribution in [3.63, 3.8) is 0 Å². The van der Waals surface area contributed by atoms with Crippen LogP contribution >= 0.6 is 0 Å². The van der Waals surface area contributed by atoms with E-state index in [9.17, 15) is 4.39 Å². The van der Waals surface area contributed by atoms with E-state index in [2.05, 4.69) is 37.1 Å². The molecule has 0 saturated carbocycles. The van der Waals surface area contributed by atoms with E-state index >= 15 is 0 Å². The van der Waals surface area contributed by atoms with Crippen molar-refractivity contribution in [2.75, 3.05) is 24.5 Å². The van der Waals surface area contributed by atoms with Gasteiger partial charge in [0, 0.05) is 30.4 Å². The van der Waals surface area contributed by atoms with Gasteiger partial charge in [0.05, 0.1) is 0 Å². The van der Waals surface area contributed by atoms with Crippen molar-refractivity contribution in [1.82, 2.24) is 5.32 Å². The zero-order valence-electron chi connectivity index (χ0n) is 13.7. The maximum Gasteiger partial charge on any atom is 0.130 e. The fraction of sp³-hybridized carbons (Fsp3) is 0.667. The van der Waals surface area contributed by atoms with Gasteiger partial charge in [-0.25, -0.2) is 4.39 Å². The van der Waals surface area contributed by atoms with Crippen molar-refractivity contribution in [1.29, 1.82) is 0 Å². The van der Waals surface area contributed by atoms with Gasteiger partial charge in [-0.3, -0.25) is 0 Å². The largest absolute Gasteiger partial charge is 0.371 e. The fourth-order valence-corrected chi connectivity index (χ4v) is 3.31. The van der Waals surface area contributed by atoms with E-state index in [4.69, 9.17) is 0 Å². The van der Waals surface area contributed by atoms with Crippen LogP contribution in [0.3, 0.4) is 0 Å². The van der Waals surface area contributed by atoms with Gasteiger partial charge >= 0.3 is 0 Å². The lowest BCUT2D eigenvalue weighted by Gasteiger charge is -2.36. The van der Waals surface area contributed by atoms with Gasteiger partial charge in [0.2, 0.25) is 0 Å². The fourth-order valence-electron chi connectivity index (χ4n) is 3.31. The van der Waals surface area contributed by atoms with Gasteiger partial charge in [-0.1, -0.05) is 26.3 Å². The Morgan fingerprint density at radius 3 is 2.90 bits per heavy atom. The molecule has 0 aliphatic carbocycles. The normalized spacial score (nSPS) is 20.6. The summed E-state index contributed by atoms with van der Waals surface area (Å²) in [5, 5.41) is 3.43. The average Bonchev–Trinajstić information content (AvgIpc) is 2.52. The van der Waals surface area contributed by atoms with Crippen LogP contribution in [-0.2, 0) is 0 Å². The lowest BCUT2D eigenvalue weighted by Crippen LogP contribution is -2.36. The van der Waals surface area contributed by atoms with E-state index in [-0.39, 0.29) is 11.9 Å². The summed E-state index contributed by atoms with van der Waals surface area (Å²) >= 11 is 0. The maximum absolute atomic E-state index is 14.4. The number of nitrogens with one attached hydrogen (secondary N) is 1. The molecule has 0 amide bonds. The molecule has 1 N–H and O–H groups in total. The smallest absolute Gasteiger partial charge is 0.130 e. The first kappa shape index (κ1) is 16.3. The molecule has 118 valence electrons. The third kappa shape index (κ3) is 3.97. The molecule has 2 atom stereocenters. The Balaban J connectivity index is 2.24. The van der Waals surface area contributed by atoms with Gasteiger partial charge in [-0.05, 0) is 50.8 Å². The second kappa shape index (κ2) is 7.79. The monoisotopic (exact) mass is 292 g/mol. The molecule has 2 unspecified atom stereocenters. The van der Waals surface area contributed by atoms with Crippen molar-refractivity contribution in [3.8, 4) is 0 Å².